The van der Waals surface area contributed by atoms with Gasteiger partial charge >= 0.3 is 0 Å². The molecule has 0 radical (unpaired) electrons. The minimum atomic E-state index is -0.427. The predicted octanol–water partition coefficient (Wildman–Crippen LogP) is 3.91. The number of nitrogens with one attached hydrogen (secondary N) is 1. The largest absolute Gasteiger partial charge is 0.488 e. The van der Waals surface area contributed by atoms with Gasteiger partial charge in [-0.3, -0.25) is 0 Å². The lowest BCUT2D eigenvalue weighted by Gasteiger charge is -2.43. The molecule has 0 fully saturated rings. The van der Waals surface area contributed by atoms with Crippen LogP contribution in [0.25, 0.3) is 11.1 Å². The number of hydrogen-bond acceptors (Lipinski definition) is 3. The molecule has 114 valence electrons. The van der Waals surface area contributed by atoms with Gasteiger partial charge in [-0.2, -0.15) is 0 Å². The number of rotatable bonds is 0. The van der Waals surface area contributed by atoms with E-state index >= 15 is 0 Å². The normalized spacial score (nSPS) is 24.4. The first-order chi connectivity index (χ1) is 10.5. The highest BCUT2D eigenvalue weighted by atomic mass is 16.5. The van der Waals surface area contributed by atoms with Crippen molar-refractivity contribution in [3.05, 3.63) is 47.5 Å². The molecule has 0 saturated heterocycles. The molecule has 2 aromatic carbocycles. The number of anilines is 1. The molecular weight excluding hydrogens is 274 g/mol. The summed E-state index contributed by atoms with van der Waals surface area (Å²) in [6.45, 7) is 6.76. The van der Waals surface area contributed by atoms with E-state index in [9.17, 15) is 5.11 Å². The van der Waals surface area contributed by atoms with E-state index in [-0.39, 0.29) is 11.5 Å². The Balaban J connectivity index is 1.93. The zero-order chi connectivity index (χ0) is 15.5. The smallest absolute Gasteiger partial charge is 0.127 e. The van der Waals surface area contributed by atoms with Gasteiger partial charge in [-0.1, -0.05) is 31.2 Å². The summed E-state index contributed by atoms with van der Waals surface area (Å²) < 4.78 is 5.94. The molecule has 3 heteroatoms. The lowest BCUT2D eigenvalue weighted by molar-refractivity contribution is 0.0861. The van der Waals surface area contributed by atoms with E-state index in [1.807, 2.05) is 32.0 Å². The molecule has 2 aliphatic rings. The lowest BCUT2D eigenvalue weighted by atomic mass is 9.75. The summed E-state index contributed by atoms with van der Waals surface area (Å²) in [4.78, 5) is 0. The standard InChI is InChI=1S/C19H21NO2/c1-11-17-14-10-22-16-7-5-4-6-13(16)12(14)8-9-15(17)20-19(2,3)18(11)21/h4-9,11,18,20-21H,10H2,1-3H3. The van der Waals surface area contributed by atoms with Crippen molar-refractivity contribution < 1.29 is 9.84 Å². The highest BCUT2D eigenvalue weighted by molar-refractivity contribution is 5.80. The molecule has 0 aromatic heterocycles. The highest BCUT2D eigenvalue weighted by Gasteiger charge is 2.40. The van der Waals surface area contributed by atoms with E-state index in [4.69, 9.17) is 4.74 Å². The average molecular weight is 295 g/mol. The number of aliphatic hydroxyl groups is 1. The van der Waals surface area contributed by atoms with Crippen LogP contribution in [0.2, 0.25) is 0 Å². The number of benzene rings is 2. The monoisotopic (exact) mass is 295 g/mol. The number of hydrogen-bond donors (Lipinski definition) is 2. The fourth-order valence-electron chi connectivity index (χ4n) is 3.87. The zero-order valence-corrected chi connectivity index (χ0v) is 13.2. The highest BCUT2D eigenvalue weighted by Crippen LogP contribution is 2.47. The molecule has 0 bridgehead atoms. The molecule has 4 rings (SSSR count). The van der Waals surface area contributed by atoms with E-state index < -0.39 is 6.10 Å². The Bertz CT molecular complexity index is 751. The zero-order valence-electron chi connectivity index (χ0n) is 13.2. The van der Waals surface area contributed by atoms with Crippen LogP contribution >= 0.6 is 0 Å². The van der Waals surface area contributed by atoms with Gasteiger partial charge in [-0.25, -0.2) is 0 Å². The first-order valence-corrected chi connectivity index (χ1v) is 7.83. The van der Waals surface area contributed by atoms with Crippen molar-refractivity contribution in [3.8, 4) is 16.9 Å². The quantitative estimate of drug-likeness (QED) is 0.774. The molecule has 2 N–H and O–H groups in total. The summed E-state index contributed by atoms with van der Waals surface area (Å²) in [6, 6.07) is 12.5. The third kappa shape index (κ3) is 1.78. The van der Waals surface area contributed by atoms with E-state index in [1.54, 1.807) is 0 Å². The number of ether oxygens (including phenoxy) is 1. The third-order valence-electron chi connectivity index (χ3n) is 5.03. The van der Waals surface area contributed by atoms with E-state index in [0.717, 1.165) is 17.0 Å². The van der Waals surface area contributed by atoms with Crippen LogP contribution in [-0.2, 0) is 6.61 Å². The molecule has 3 nitrogen and oxygen atoms in total. The third-order valence-corrected chi connectivity index (χ3v) is 5.03. The SMILES string of the molecule is CC1c2c(ccc3c2COc2ccccc2-3)NC(C)(C)C1O. The fraction of sp³-hybridized carbons (Fsp3) is 0.368. The first-order valence-electron chi connectivity index (χ1n) is 7.83. The second-order valence-corrected chi connectivity index (χ2v) is 6.92. The molecule has 2 heterocycles. The second kappa shape index (κ2) is 4.50. The van der Waals surface area contributed by atoms with Crippen LogP contribution in [0.3, 0.4) is 0 Å². The van der Waals surface area contributed by atoms with Crippen LogP contribution in [0.4, 0.5) is 5.69 Å². The Labute approximate surface area is 130 Å². The number of aliphatic hydroxyl groups excluding tert-OH is 1. The molecule has 22 heavy (non-hydrogen) atoms. The van der Waals surface area contributed by atoms with Crippen molar-refractivity contribution in [2.24, 2.45) is 0 Å². The molecule has 0 saturated carbocycles. The van der Waals surface area contributed by atoms with Crippen molar-refractivity contribution in [1.82, 2.24) is 0 Å². The fourth-order valence-corrected chi connectivity index (χ4v) is 3.87. The van der Waals surface area contributed by atoms with Crippen LogP contribution in [-0.4, -0.2) is 16.7 Å². The van der Waals surface area contributed by atoms with Crippen molar-refractivity contribution in [1.29, 1.82) is 0 Å². The topological polar surface area (TPSA) is 41.5 Å². The minimum Gasteiger partial charge on any atom is -0.488 e. The van der Waals surface area contributed by atoms with Crippen LogP contribution in [0.15, 0.2) is 36.4 Å². The number of para-hydroxylation sites is 1. The molecule has 0 amide bonds. The maximum atomic E-state index is 10.6. The van der Waals surface area contributed by atoms with Gasteiger partial charge in [0.25, 0.3) is 0 Å². The minimum absolute atomic E-state index is 0.0788. The molecule has 2 atom stereocenters. The Morgan fingerprint density at radius 2 is 1.91 bits per heavy atom. The van der Waals surface area contributed by atoms with Gasteiger partial charge in [0, 0.05) is 22.7 Å². The summed E-state index contributed by atoms with van der Waals surface area (Å²) in [6.07, 6.45) is -0.427. The molecule has 0 spiro atoms. The first kappa shape index (κ1) is 13.6. The Kier molecular flexibility index (Phi) is 2.79. The van der Waals surface area contributed by atoms with Crippen molar-refractivity contribution >= 4 is 5.69 Å². The molecule has 2 unspecified atom stereocenters. The van der Waals surface area contributed by atoms with Gasteiger partial charge in [-0.15, -0.1) is 0 Å². The number of fused-ring (bicyclic) bond motifs is 5. The van der Waals surface area contributed by atoms with Gasteiger partial charge in [-0.05, 0) is 37.1 Å². The van der Waals surface area contributed by atoms with Crippen LogP contribution in [0.5, 0.6) is 5.75 Å². The van der Waals surface area contributed by atoms with Crippen LogP contribution < -0.4 is 10.1 Å². The Morgan fingerprint density at radius 1 is 1.14 bits per heavy atom. The summed E-state index contributed by atoms with van der Waals surface area (Å²) >= 11 is 0. The van der Waals surface area contributed by atoms with Gasteiger partial charge < -0.3 is 15.2 Å². The Hall–Kier alpha value is -2.00. The summed E-state index contributed by atoms with van der Waals surface area (Å²) in [5.74, 6) is 1.02. The van der Waals surface area contributed by atoms with Gasteiger partial charge in [0.05, 0.1) is 11.6 Å². The lowest BCUT2D eigenvalue weighted by Crippen LogP contribution is -2.50. The van der Waals surface area contributed by atoms with Crippen molar-refractivity contribution in [2.45, 2.75) is 44.9 Å². The van der Waals surface area contributed by atoms with Gasteiger partial charge in [0.15, 0.2) is 0 Å². The summed E-state index contributed by atoms with van der Waals surface area (Å²) in [5, 5.41) is 14.1. The van der Waals surface area contributed by atoms with E-state index in [0.29, 0.717) is 6.61 Å². The Morgan fingerprint density at radius 3 is 2.73 bits per heavy atom. The maximum absolute atomic E-state index is 10.6. The molecule has 0 aliphatic carbocycles. The summed E-state index contributed by atoms with van der Waals surface area (Å²) in [7, 11) is 0. The van der Waals surface area contributed by atoms with Crippen LogP contribution in [0.1, 0.15) is 37.8 Å². The van der Waals surface area contributed by atoms with Crippen molar-refractivity contribution in [2.75, 3.05) is 5.32 Å². The van der Waals surface area contributed by atoms with E-state index in [1.165, 1.54) is 16.7 Å². The maximum Gasteiger partial charge on any atom is 0.127 e. The van der Waals surface area contributed by atoms with Gasteiger partial charge in [0.1, 0.15) is 12.4 Å². The summed E-state index contributed by atoms with van der Waals surface area (Å²) in [5.41, 5.74) is 5.54. The average Bonchev–Trinajstić information content (AvgIpc) is 2.51. The van der Waals surface area contributed by atoms with Crippen molar-refractivity contribution in [3.63, 3.8) is 0 Å². The van der Waals surface area contributed by atoms with Gasteiger partial charge in [0.2, 0.25) is 0 Å². The van der Waals surface area contributed by atoms with E-state index in [2.05, 4.69) is 30.4 Å². The van der Waals surface area contributed by atoms with Crippen LogP contribution in [0, 0.1) is 0 Å². The molecule has 2 aromatic rings. The predicted molar refractivity (Wildman–Crippen MR) is 88.3 cm³/mol. The molecule has 2 aliphatic heterocycles. The molecular formula is C19H21NO2. The second-order valence-electron chi connectivity index (χ2n) is 6.92.